The molecule has 0 heterocycles. The van der Waals surface area contributed by atoms with E-state index in [1.165, 1.54) is 19.3 Å². The zero-order valence-corrected chi connectivity index (χ0v) is 12.3. The van der Waals surface area contributed by atoms with Gasteiger partial charge in [-0.3, -0.25) is 4.79 Å². The lowest BCUT2D eigenvalue weighted by Crippen LogP contribution is -2.35. The van der Waals surface area contributed by atoms with Gasteiger partial charge < -0.3 is 5.73 Å². The summed E-state index contributed by atoms with van der Waals surface area (Å²) in [5.74, 6) is 0.175. The third-order valence-electron chi connectivity index (χ3n) is 4.38. The summed E-state index contributed by atoms with van der Waals surface area (Å²) in [6.45, 7) is 2.55. The van der Waals surface area contributed by atoms with Gasteiger partial charge >= 0.3 is 0 Å². The molecule has 0 saturated heterocycles. The fourth-order valence-electron chi connectivity index (χ4n) is 2.96. The van der Waals surface area contributed by atoms with Crippen LogP contribution in [0.1, 0.15) is 54.4 Å². The van der Waals surface area contributed by atoms with Crippen LogP contribution in [0.4, 0.5) is 0 Å². The summed E-state index contributed by atoms with van der Waals surface area (Å²) in [7, 11) is 0. The lowest BCUT2D eigenvalue weighted by molar-refractivity contribution is 0.0868. The molecular weight excluding hydrogens is 258 g/mol. The van der Waals surface area contributed by atoms with Crippen LogP contribution in [-0.2, 0) is 0 Å². The van der Waals surface area contributed by atoms with Crippen LogP contribution in [0.5, 0.6) is 0 Å². The Kier molecular flexibility index (Phi) is 4.64. The number of hydrogen-bond donors (Lipinski definition) is 1. The predicted molar refractivity (Wildman–Crippen MR) is 79.7 cm³/mol. The SMILES string of the molecule is Cc1ccc(C(=O)CC2(CN)CCCCC2)cc1Cl. The Morgan fingerprint density at radius 1 is 1.32 bits per heavy atom. The van der Waals surface area contributed by atoms with Crippen molar-refractivity contribution in [2.75, 3.05) is 6.54 Å². The van der Waals surface area contributed by atoms with Crippen LogP contribution in [0.15, 0.2) is 18.2 Å². The highest BCUT2D eigenvalue weighted by Gasteiger charge is 2.33. The smallest absolute Gasteiger partial charge is 0.163 e. The summed E-state index contributed by atoms with van der Waals surface area (Å²) < 4.78 is 0. The molecule has 19 heavy (non-hydrogen) atoms. The molecule has 1 aromatic carbocycles. The first-order chi connectivity index (χ1) is 9.06. The molecule has 0 aliphatic heterocycles. The Hall–Kier alpha value is -0.860. The number of ketones is 1. The number of aryl methyl sites for hydroxylation is 1. The van der Waals surface area contributed by atoms with Gasteiger partial charge in [0.1, 0.15) is 0 Å². The minimum absolute atomic E-state index is 0.0205. The maximum Gasteiger partial charge on any atom is 0.163 e. The van der Waals surface area contributed by atoms with Crippen LogP contribution < -0.4 is 5.73 Å². The Balaban J connectivity index is 2.12. The lowest BCUT2D eigenvalue weighted by atomic mass is 9.70. The van der Waals surface area contributed by atoms with Crippen molar-refractivity contribution in [1.29, 1.82) is 0 Å². The van der Waals surface area contributed by atoms with Crippen LogP contribution in [0.25, 0.3) is 0 Å². The van der Waals surface area contributed by atoms with E-state index in [0.29, 0.717) is 23.6 Å². The van der Waals surface area contributed by atoms with Crippen molar-refractivity contribution in [2.24, 2.45) is 11.1 Å². The van der Waals surface area contributed by atoms with Gasteiger partial charge in [0, 0.05) is 17.0 Å². The molecule has 1 aliphatic carbocycles. The van der Waals surface area contributed by atoms with Gasteiger partial charge in [-0.05, 0) is 43.4 Å². The summed E-state index contributed by atoms with van der Waals surface area (Å²) in [6, 6.07) is 5.56. The van der Waals surface area contributed by atoms with E-state index >= 15 is 0 Å². The fraction of sp³-hybridized carbons (Fsp3) is 0.562. The molecule has 2 nitrogen and oxygen atoms in total. The van der Waals surface area contributed by atoms with Crippen molar-refractivity contribution < 1.29 is 4.79 Å². The highest BCUT2D eigenvalue weighted by molar-refractivity contribution is 6.31. The molecule has 0 radical (unpaired) electrons. The zero-order valence-electron chi connectivity index (χ0n) is 11.5. The molecule has 0 bridgehead atoms. The van der Waals surface area contributed by atoms with Gasteiger partial charge in [0.25, 0.3) is 0 Å². The van der Waals surface area contributed by atoms with Gasteiger partial charge in [0.2, 0.25) is 0 Å². The van der Waals surface area contributed by atoms with Gasteiger partial charge in [-0.15, -0.1) is 0 Å². The van der Waals surface area contributed by atoms with Crippen LogP contribution in [0.2, 0.25) is 5.02 Å². The summed E-state index contributed by atoms with van der Waals surface area (Å²) in [4.78, 5) is 12.4. The standard InChI is InChI=1S/C16H22ClNO/c1-12-5-6-13(9-14(12)17)15(19)10-16(11-18)7-3-2-4-8-16/h5-6,9H,2-4,7-8,10-11,18H2,1H3. The zero-order chi connectivity index (χ0) is 13.9. The number of halogens is 1. The molecule has 0 aromatic heterocycles. The Morgan fingerprint density at radius 3 is 2.58 bits per heavy atom. The second-order valence-electron chi connectivity index (χ2n) is 5.83. The highest BCUT2D eigenvalue weighted by Crippen LogP contribution is 2.39. The normalized spacial score (nSPS) is 18.3. The molecule has 1 fully saturated rings. The molecule has 104 valence electrons. The van der Waals surface area contributed by atoms with Gasteiger partial charge in [-0.1, -0.05) is 43.0 Å². The maximum absolute atomic E-state index is 12.4. The second-order valence-corrected chi connectivity index (χ2v) is 6.24. The van der Waals surface area contributed by atoms with Gasteiger partial charge in [-0.2, -0.15) is 0 Å². The second kappa shape index (κ2) is 6.06. The molecule has 0 unspecified atom stereocenters. The Labute approximate surface area is 120 Å². The fourth-order valence-corrected chi connectivity index (χ4v) is 3.14. The Morgan fingerprint density at radius 2 is 2.00 bits per heavy atom. The first-order valence-electron chi connectivity index (χ1n) is 7.06. The number of Topliss-reactive ketones (excluding diaryl/α,β-unsaturated/α-hetero) is 1. The van der Waals surface area contributed by atoms with E-state index in [2.05, 4.69) is 0 Å². The van der Waals surface area contributed by atoms with Crippen LogP contribution >= 0.6 is 11.6 Å². The van der Waals surface area contributed by atoms with Crippen molar-refractivity contribution in [3.05, 3.63) is 34.3 Å². The van der Waals surface area contributed by atoms with E-state index in [9.17, 15) is 4.79 Å². The number of carbonyl (C=O) groups excluding carboxylic acids is 1. The number of hydrogen-bond acceptors (Lipinski definition) is 2. The average molecular weight is 280 g/mol. The summed E-state index contributed by atoms with van der Waals surface area (Å²) >= 11 is 6.09. The molecule has 0 atom stereocenters. The molecule has 1 aromatic rings. The third-order valence-corrected chi connectivity index (χ3v) is 4.78. The molecule has 3 heteroatoms. The first-order valence-corrected chi connectivity index (χ1v) is 7.44. The van der Waals surface area contributed by atoms with Gasteiger partial charge in [-0.25, -0.2) is 0 Å². The number of rotatable bonds is 4. The highest BCUT2D eigenvalue weighted by atomic mass is 35.5. The van der Waals surface area contributed by atoms with Gasteiger partial charge in [0.05, 0.1) is 0 Å². The molecule has 1 aliphatic rings. The topological polar surface area (TPSA) is 43.1 Å². The Bertz CT molecular complexity index is 464. The van der Waals surface area contributed by atoms with E-state index in [1.54, 1.807) is 6.07 Å². The average Bonchev–Trinajstić information content (AvgIpc) is 2.43. The van der Waals surface area contributed by atoms with Crippen LogP contribution in [-0.4, -0.2) is 12.3 Å². The largest absolute Gasteiger partial charge is 0.330 e. The van der Waals surface area contributed by atoms with Crippen molar-refractivity contribution in [1.82, 2.24) is 0 Å². The third kappa shape index (κ3) is 3.37. The van der Waals surface area contributed by atoms with Gasteiger partial charge in [0.15, 0.2) is 5.78 Å². The molecule has 2 N–H and O–H groups in total. The maximum atomic E-state index is 12.4. The molecule has 0 amide bonds. The monoisotopic (exact) mass is 279 g/mol. The number of nitrogens with two attached hydrogens (primary N) is 1. The number of carbonyl (C=O) groups is 1. The van der Waals surface area contributed by atoms with Crippen molar-refractivity contribution >= 4 is 17.4 Å². The number of benzene rings is 1. The minimum Gasteiger partial charge on any atom is -0.330 e. The van der Waals surface area contributed by atoms with E-state index in [0.717, 1.165) is 18.4 Å². The molecule has 2 rings (SSSR count). The van der Waals surface area contributed by atoms with E-state index in [-0.39, 0.29) is 11.2 Å². The molecule has 1 saturated carbocycles. The minimum atomic E-state index is 0.0205. The van der Waals surface area contributed by atoms with Crippen LogP contribution in [0.3, 0.4) is 0 Å². The van der Waals surface area contributed by atoms with Crippen molar-refractivity contribution in [3.8, 4) is 0 Å². The quantitative estimate of drug-likeness (QED) is 0.842. The summed E-state index contributed by atoms with van der Waals surface area (Å²) in [5.41, 5.74) is 7.68. The van der Waals surface area contributed by atoms with E-state index in [4.69, 9.17) is 17.3 Å². The van der Waals surface area contributed by atoms with Crippen LogP contribution in [0, 0.1) is 12.3 Å². The molecule has 0 spiro atoms. The van der Waals surface area contributed by atoms with E-state index in [1.807, 2.05) is 19.1 Å². The summed E-state index contributed by atoms with van der Waals surface area (Å²) in [5, 5.41) is 0.663. The lowest BCUT2D eigenvalue weighted by Gasteiger charge is -2.35. The summed E-state index contributed by atoms with van der Waals surface area (Å²) in [6.07, 6.45) is 6.37. The predicted octanol–water partition coefficient (Wildman–Crippen LogP) is 4.13. The first kappa shape index (κ1) is 14.5. The molecular formula is C16H22ClNO. The van der Waals surface area contributed by atoms with Crippen molar-refractivity contribution in [3.63, 3.8) is 0 Å². The van der Waals surface area contributed by atoms with Crippen molar-refractivity contribution in [2.45, 2.75) is 45.4 Å². The van der Waals surface area contributed by atoms with E-state index < -0.39 is 0 Å².